The Hall–Kier alpha value is -4.03. The van der Waals surface area contributed by atoms with Gasteiger partial charge in [0.2, 0.25) is 0 Å². The standard InChI is InChI=1S/C33H34N4O5S2/c1-35(26-10-6-3-7-11-26)44(40,41)27-14-12-25(13-15-27)31(38)34-32-30(33(39)37-18-20-42-21-19-37)28-16-17-36(23-29(28)43-32)22-24-8-4-2-5-9-24/h2-15H,16-23H2,1H3,(H,34,38). The number of amides is 2. The molecule has 0 atom stereocenters. The molecule has 2 aliphatic rings. The number of hydrogen-bond donors (Lipinski definition) is 1. The molecule has 0 saturated carbocycles. The SMILES string of the molecule is CN(c1ccccc1)S(=O)(=O)c1ccc(C(=O)Nc2sc3c(c2C(=O)N2CCOCC2)CCN(Cc2ccccc2)C3)cc1. The van der Waals surface area contributed by atoms with E-state index >= 15 is 0 Å². The predicted octanol–water partition coefficient (Wildman–Crippen LogP) is 4.86. The van der Waals surface area contributed by atoms with Crippen LogP contribution in [0.15, 0.2) is 89.8 Å². The fraction of sp³-hybridized carbons (Fsp3) is 0.273. The van der Waals surface area contributed by atoms with Crippen LogP contribution in [0.2, 0.25) is 0 Å². The second-order valence-electron chi connectivity index (χ2n) is 10.8. The molecule has 1 N–H and O–H groups in total. The molecule has 9 nitrogen and oxygen atoms in total. The lowest BCUT2D eigenvalue weighted by atomic mass is 10.0. The monoisotopic (exact) mass is 630 g/mol. The molecule has 0 aliphatic carbocycles. The molecule has 6 rings (SSSR count). The van der Waals surface area contributed by atoms with Crippen LogP contribution in [0.4, 0.5) is 10.7 Å². The summed E-state index contributed by atoms with van der Waals surface area (Å²) in [4.78, 5) is 32.6. The van der Waals surface area contributed by atoms with Crippen molar-refractivity contribution >= 4 is 43.9 Å². The number of ether oxygens (including phenoxy) is 1. The number of nitrogens with zero attached hydrogens (tertiary/aromatic N) is 3. The highest BCUT2D eigenvalue weighted by molar-refractivity contribution is 7.92. The van der Waals surface area contributed by atoms with Gasteiger partial charge >= 0.3 is 0 Å². The minimum atomic E-state index is -3.82. The molecule has 3 aromatic carbocycles. The van der Waals surface area contributed by atoms with E-state index in [0.29, 0.717) is 61.1 Å². The topological polar surface area (TPSA) is 99.3 Å². The van der Waals surface area contributed by atoms with E-state index in [1.165, 1.54) is 52.5 Å². The highest BCUT2D eigenvalue weighted by Gasteiger charge is 2.32. The highest BCUT2D eigenvalue weighted by atomic mass is 32.2. The van der Waals surface area contributed by atoms with Crippen molar-refractivity contribution in [2.75, 3.05) is 49.5 Å². The van der Waals surface area contributed by atoms with E-state index in [-0.39, 0.29) is 10.8 Å². The van der Waals surface area contributed by atoms with Gasteiger partial charge in [-0.3, -0.25) is 18.8 Å². The zero-order chi connectivity index (χ0) is 30.7. The summed E-state index contributed by atoms with van der Waals surface area (Å²) < 4.78 is 33.1. The molecule has 0 bridgehead atoms. The molecule has 228 valence electrons. The molecular weight excluding hydrogens is 597 g/mol. The van der Waals surface area contributed by atoms with Crippen molar-refractivity contribution in [3.8, 4) is 0 Å². The predicted molar refractivity (Wildman–Crippen MR) is 172 cm³/mol. The molecule has 1 saturated heterocycles. The van der Waals surface area contributed by atoms with Crippen LogP contribution < -0.4 is 9.62 Å². The van der Waals surface area contributed by atoms with Crippen molar-refractivity contribution in [1.82, 2.24) is 9.80 Å². The van der Waals surface area contributed by atoms with Gasteiger partial charge in [0, 0.05) is 50.2 Å². The minimum Gasteiger partial charge on any atom is -0.378 e. The molecule has 2 aliphatic heterocycles. The summed E-state index contributed by atoms with van der Waals surface area (Å²) in [7, 11) is -2.32. The summed E-state index contributed by atoms with van der Waals surface area (Å²) in [6, 6.07) is 25.0. The van der Waals surface area contributed by atoms with Crippen molar-refractivity contribution in [3.05, 3.63) is 112 Å². The molecule has 1 fully saturated rings. The lowest BCUT2D eigenvalue weighted by Crippen LogP contribution is -2.41. The van der Waals surface area contributed by atoms with E-state index in [9.17, 15) is 18.0 Å². The fourth-order valence-corrected chi connectivity index (χ4v) is 8.03. The third kappa shape index (κ3) is 6.27. The maximum atomic E-state index is 13.8. The van der Waals surface area contributed by atoms with Crippen LogP contribution in [-0.4, -0.2) is 69.9 Å². The summed E-state index contributed by atoms with van der Waals surface area (Å²) in [5.74, 6) is -0.496. The number of thiophene rings is 1. The number of hydrogen-bond acceptors (Lipinski definition) is 7. The summed E-state index contributed by atoms with van der Waals surface area (Å²) in [6.45, 7) is 4.28. The van der Waals surface area contributed by atoms with Gasteiger partial charge in [-0.05, 0) is 53.9 Å². The van der Waals surface area contributed by atoms with Gasteiger partial charge in [-0.25, -0.2) is 8.42 Å². The number of para-hydroxylation sites is 1. The van der Waals surface area contributed by atoms with Crippen molar-refractivity contribution in [3.63, 3.8) is 0 Å². The second kappa shape index (κ2) is 12.9. The molecule has 2 amide bonds. The summed E-state index contributed by atoms with van der Waals surface area (Å²) in [5.41, 5.74) is 3.62. The molecule has 11 heteroatoms. The van der Waals surface area contributed by atoms with Crippen molar-refractivity contribution in [2.24, 2.45) is 0 Å². The van der Waals surface area contributed by atoms with E-state index in [1.807, 2.05) is 24.3 Å². The largest absolute Gasteiger partial charge is 0.378 e. The van der Waals surface area contributed by atoms with Crippen LogP contribution in [-0.2, 0) is 34.3 Å². The highest BCUT2D eigenvalue weighted by Crippen LogP contribution is 2.39. The third-order valence-corrected chi connectivity index (χ3v) is 11.0. The average molecular weight is 631 g/mol. The van der Waals surface area contributed by atoms with Gasteiger partial charge in [-0.2, -0.15) is 0 Å². The van der Waals surface area contributed by atoms with Crippen molar-refractivity contribution in [2.45, 2.75) is 24.4 Å². The second-order valence-corrected chi connectivity index (χ2v) is 13.9. The lowest BCUT2D eigenvalue weighted by Gasteiger charge is -2.29. The van der Waals surface area contributed by atoms with Crippen molar-refractivity contribution in [1.29, 1.82) is 0 Å². The Morgan fingerprint density at radius 1 is 0.909 bits per heavy atom. The van der Waals surface area contributed by atoms with E-state index < -0.39 is 15.9 Å². The number of morpholine rings is 1. The first-order valence-corrected chi connectivity index (χ1v) is 16.8. The molecule has 1 aromatic heterocycles. The van der Waals surface area contributed by atoms with Crippen LogP contribution in [0.1, 0.15) is 36.7 Å². The number of benzene rings is 3. The summed E-state index contributed by atoms with van der Waals surface area (Å²) >= 11 is 1.45. The van der Waals surface area contributed by atoms with Gasteiger partial charge in [0.1, 0.15) is 5.00 Å². The number of nitrogens with one attached hydrogen (secondary N) is 1. The first-order chi connectivity index (χ1) is 21.3. The molecule has 3 heterocycles. The fourth-order valence-electron chi connectivity index (χ4n) is 5.56. The van der Waals surface area contributed by atoms with Gasteiger partial charge in [0.05, 0.1) is 29.4 Å². The smallest absolute Gasteiger partial charge is 0.264 e. The van der Waals surface area contributed by atoms with E-state index in [1.54, 1.807) is 29.2 Å². The maximum Gasteiger partial charge on any atom is 0.264 e. The third-order valence-electron chi connectivity index (χ3n) is 8.02. The number of fused-ring (bicyclic) bond motifs is 1. The van der Waals surface area contributed by atoms with Gasteiger partial charge in [-0.1, -0.05) is 48.5 Å². The zero-order valence-electron chi connectivity index (χ0n) is 24.4. The Labute approximate surface area is 261 Å². The average Bonchev–Trinajstić information content (AvgIpc) is 3.42. The Morgan fingerprint density at radius 3 is 2.25 bits per heavy atom. The minimum absolute atomic E-state index is 0.0775. The number of carbonyl (C=O) groups excluding carboxylic acids is 2. The molecule has 0 unspecified atom stereocenters. The number of carbonyl (C=O) groups is 2. The molecule has 0 spiro atoms. The molecular formula is C33H34N4O5S2. The molecule has 44 heavy (non-hydrogen) atoms. The van der Waals surface area contributed by atoms with Crippen LogP contribution in [0, 0.1) is 0 Å². The lowest BCUT2D eigenvalue weighted by molar-refractivity contribution is 0.0302. The van der Waals surface area contributed by atoms with Gasteiger partial charge in [0.25, 0.3) is 21.8 Å². The van der Waals surface area contributed by atoms with Crippen LogP contribution >= 0.6 is 11.3 Å². The Bertz CT molecular complexity index is 1740. The van der Waals surface area contributed by atoms with Crippen LogP contribution in [0.3, 0.4) is 0 Å². The quantitative estimate of drug-likeness (QED) is 0.299. The number of anilines is 2. The first-order valence-electron chi connectivity index (χ1n) is 14.5. The van der Waals surface area contributed by atoms with E-state index in [4.69, 9.17) is 4.74 Å². The summed E-state index contributed by atoms with van der Waals surface area (Å²) in [6.07, 6.45) is 0.710. The summed E-state index contributed by atoms with van der Waals surface area (Å²) in [5, 5.41) is 3.52. The number of sulfonamides is 1. The Balaban J connectivity index is 1.24. The van der Waals surface area contributed by atoms with E-state index in [0.717, 1.165) is 23.5 Å². The number of rotatable bonds is 8. The zero-order valence-corrected chi connectivity index (χ0v) is 26.1. The van der Waals surface area contributed by atoms with Crippen molar-refractivity contribution < 1.29 is 22.7 Å². The Morgan fingerprint density at radius 2 is 1.57 bits per heavy atom. The molecule has 4 aromatic rings. The van der Waals surface area contributed by atoms with Crippen LogP contribution in [0.25, 0.3) is 0 Å². The van der Waals surface area contributed by atoms with E-state index in [2.05, 4.69) is 22.3 Å². The van der Waals surface area contributed by atoms with Gasteiger partial charge in [0.15, 0.2) is 0 Å². The first kappa shape index (κ1) is 30.0. The van der Waals surface area contributed by atoms with Crippen LogP contribution in [0.5, 0.6) is 0 Å². The maximum absolute atomic E-state index is 13.8. The van der Waals surface area contributed by atoms with Gasteiger partial charge in [-0.15, -0.1) is 11.3 Å². The van der Waals surface area contributed by atoms with Gasteiger partial charge < -0.3 is 15.0 Å². The molecule has 0 radical (unpaired) electrons. The Kier molecular flexibility index (Phi) is 8.81. The normalized spacial score (nSPS) is 15.4.